The first-order chi connectivity index (χ1) is 9.31. The third-order valence-corrected chi connectivity index (χ3v) is 3.64. The highest BCUT2D eigenvalue weighted by molar-refractivity contribution is 6.06. The van der Waals surface area contributed by atoms with Gasteiger partial charge in [-0.25, -0.2) is 0 Å². The molecule has 0 amide bonds. The van der Waals surface area contributed by atoms with E-state index in [1.807, 2.05) is 6.92 Å². The van der Waals surface area contributed by atoms with Crippen molar-refractivity contribution in [1.82, 2.24) is 0 Å². The molecule has 0 bridgehead atoms. The van der Waals surface area contributed by atoms with Crippen LogP contribution in [0.25, 0.3) is 0 Å². The van der Waals surface area contributed by atoms with Crippen LogP contribution in [0.3, 0.4) is 0 Å². The molecule has 0 saturated carbocycles. The van der Waals surface area contributed by atoms with Gasteiger partial charge in [-0.1, -0.05) is 13.8 Å². The Hall–Kier alpha value is -1.78. The summed E-state index contributed by atoms with van der Waals surface area (Å²) in [6.07, 6.45) is 2.23. The summed E-state index contributed by atoms with van der Waals surface area (Å²) in [5.41, 5.74) is -1.02. The Morgan fingerprint density at radius 1 is 1.35 bits per heavy atom. The summed E-state index contributed by atoms with van der Waals surface area (Å²) >= 11 is 0. The van der Waals surface area contributed by atoms with Crippen molar-refractivity contribution < 1.29 is 23.8 Å². The van der Waals surface area contributed by atoms with Gasteiger partial charge in [-0.3, -0.25) is 9.59 Å². The average Bonchev–Trinajstić information content (AvgIpc) is 2.44. The van der Waals surface area contributed by atoms with Gasteiger partial charge in [0.2, 0.25) is 11.4 Å². The van der Waals surface area contributed by atoms with E-state index in [1.54, 1.807) is 26.8 Å². The monoisotopic (exact) mass is 282 g/mol. The molecule has 0 aromatic rings. The Morgan fingerprint density at radius 2 is 1.95 bits per heavy atom. The topological polar surface area (TPSA) is 61.8 Å². The molecule has 0 radical (unpaired) electrons. The second kappa shape index (κ2) is 6.11. The van der Waals surface area contributed by atoms with Gasteiger partial charge >= 0.3 is 5.97 Å². The number of carbonyl (C=O) groups excluding carboxylic acids is 2. The van der Waals surface area contributed by atoms with Crippen molar-refractivity contribution >= 4 is 11.8 Å². The van der Waals surface area contributed by atoms with E-state index < -0.39 is 11.6 Å². The highest BCUT2D eigenvalue weighted by Gasteiger charge is 2.47. The number of methoxy groups -OCH3 is 2. The summed E-state index contributed by atoms with van der Waals surface area (Å²) in [5.74, 6) is -0.332. The number of ketones is 1. The van der Waals surface area contributed by atoms with E-state index >= 15 is 0 Å². The minimum atomic E-state index is -1.43. The molecule has 0 aliphatic heterocycles. The van der Waals surface area contributed by atoms with E-state index in [0.717, 1.165) is 0 Å². The van der Waals surface area contributed by atoms with Crippen LogP contribution in [0.4, 0.5) is 0 Å². The number of ether oxygens (including phenoxy) is 3. The van der Waals surface area contributed by atoms with E-state index in [0.29, 0.717) is 17.8 Å². The van der Waals surface area contributed by atoms with Gasteiger partial charge in [0.1, 0.15) is 5.76 Å². The zero-order valence-electron chi connectivity index (χ0n) is 12.9. The second-order valence-electron chi connectivity index (χ2n) is 5.00. The average molecular weight is 282 g/mol. The van der Waals surface area contributed by atoms with Crippen molar-refractivity contribution in [1.29, 1.82) is 0 Å². The molecule has 0 saturated heterocycles. The number of hydrogen-bond donors (Lipinski definition) is 0. The molecule has 0 N–H and O–H groups in total. The smallest absolute Gasteiger partial charge is 0.310 e. The molecule has 20 heavy (non-hydrogen) atoms. The quantitative estimate of drug-likeness (QED) is 0.724. The molecule has 1 aliphatic carbocycles. The predicted molar refractivity (Wildman–Crippen MR) is 73.8 cm³/mol. The predicted octanol–water partition coefficient (Wildman–Crippen LogP) is 2.37. The minimum absolute atomic E-state index is 0.265. The molecule has 5 nitrogen and oxygen atoms in total. The van der Waals surface area contributed by atoms with Crippen LogP contribution in [0.15, 0.2) is 23.2 Å². The molecule has 0 heterocycles. The van der Waals surface area contributed by atoms with E-state index in [2.05, 4.69) is 0 Å². The lowest BCUT2D eigenvalue weighted by atomic mass is 9.87. The van der Waals surface area contributed by atoms with Crippen molar-refractivity contribution in [3.63, 3.8) is 0 Å². The second-order valence-corrected chi connectivity index (χ2v) is 5.00. The number of carbonyl (C=O) groups is 2. The van der Waals surface area contributed by atoms with Gasteiger partial charge in [0, 0.05) is 11.6 Å². The number of hydrogen-bond acceptors (Lipinski definition) is 5. The molecule has 0 fully saturated rings. The molecule has 2 unspecified atom stereocenters. The largest absolute Gasteiger partial charge is 0.496 e. The Kier molecular flexibility index (Phi) is 4.98. The van der Waals surface area contributed by atoms with Crippen molar-refractivity contribution in [2.24, 2.45) is 5.92 Å². The van der Waals surface area contributed by atoms with Crippen LogP contribution < -0.4 is 0 Å². The molecule has 112 valence electrons. The molecule has 0 aromatic carbocycles. The Labute approximate surface area is 119 Å². The lowest BCUT2D eigenvalue weighted by Gasteiger charge is -2.33. The fraction of sp³-hybridized carbons (Fsp3) is 0.600. The molecule has 1 rings (SSSR count). The van der Waals surface area contributed by atoms with Crippen LogP contribution in [0.2, 0.25) is 0 Å². The van der Waals surface area contributed by atoms with Crippen LogP contribution in [-0.4, -0.2) is 31.6 Å². The summed E-state index contributed by atoms with van der Waals surface area (Å²) in [6.45, 7) is 6.83. The van der Waals surface area contributed by atoms with Gasteiger partial charge in [-0.15, -0.1) is 0 Å². The summed E-state index contributed by atoms with van der Waals surface area (Å²) in [6, 6.07) is 0. The standard InChI is InChI=1S/C15H22O5/c1-7-9(2)14(17)20-15(4)12(19-6)8-11(18-5)10(3)13(15)16/h8-9H,7H2,1-6H3. The van der Waals surface area contributed by atoms with Gasteiger partial charge < -0.3 is 14.2 Å². The Bertz CT molecular complexity index is 475. The maximum atomic E-state index is 12.5. The van der Waals surface area contributed by atoms with E-state index in [1.165, 1.54) is 14.2 Å². The first-order valence-electron chi connectivity index (χ1n) is 6.60. The van der Waals surface area contributed by atoms with Gasteiger partial charge in [0.25, 0.3) is 0 Å². The highest BCUT2D eigenvalue weighted by Crippen LogP contribution is 2.34. The summed E-state index contributed by atoms with van der Waals surface area (Å²) in [7, 11) is 2.91. The Morgan fingerprint density at radius 3 is 2.40 bits per heavy atom. The van der Waals surface area contributed by atoms with Crippen LogP contribution in [0.5, 0.6) is 0 Å². The molecular weight excluding hydrogens is 260 g/mol. The summed E-state index contributed by atoms with van der Waals surface area (Å²) in [4.78, 5) is 24.5. The Balaban J connectivity index is 3.16. The van der Waals surface area contributed by atoms with Gasteiger partial charge in [0.15, 0.2) is 5.76 Å². The normalized spacial score (nSPS) is 24.1. The zero-order chi connectivity index (χ0) is 15.5. The highest BCUT2D eigenvalue weighted by atomic mass is 16.6. The molecule has 1 aliphatic rings. The number of esters is 1. The van der Waals surface area contributed by atoms with E-state index in [9.17, 15) is 9.59 Å². The zero-order valence-corrected chi connectivity index (χ0v) is 12.9. The summed E-state index contributed by atoms with van der Waals surface area (Å²) < 4.78 is 15.8. The van der Waals surface area contributed by atoms with Gasteiger partial charge in [-0.2, -0.15) is 0 Å². The fourth-order valence-corrected chi connectivity index (χ4v) is 1.98. The molecule has 0 spiro atoms. The van der Waals surface area contributed by atoms with E-state index in [-0.39, 0.29) is 17.5 Å². The van der Waals surface area contributed by atoms with Crippen molar-refractivity contribution in [2.45, 2.75) is 39.7 Å². The minimum Gasteiger partial charge on any atom is -0.496 e. The number of Topliss-reactive ketones (excluding diaryl/α,β-unsaturated/α-hetero) is 1. The first-order valence-corrected chi connectivity index (χ1v) is 6.60. The van der Waals surface area contributed by atoms with Crippen LogP contribution >= 0.6 is 0 Å². The molecular formula is C15H22O5. The lowest BCUT2D eigenvalue weighted by molar-refractivity contribution is -0.167. The summed E-state index contributed by atoms with van der Waals surface area (Å²) in [5, 5.41) is 0. The first kappa shape index (κ1) is 16.3. The SMILES string of the molecule is CCC(C)C(=O)OC1(C)C(=O)C(C)=C(OC)C=C1OC. The third-order valence-electron chi connectivity index (χ3n) is 3.64. The fourth-order valence-electron chi connectivity index (χ4n) is 1.98. The van der Waals surface area contributed by atoms with Crippen molar-refractivity contribution in [2.75, 3.05) is 14.2 Å². The van der Waals surface area contributed by atoms with E-state index in [4.69, 9.17) is 14.2 Å². The molecule has 0 aromatic heterocycles. The molecule has 5 heteroatoms. The van der Waals surface area contributed by atoms with Crippen molar-refractivity contribution in [3.8, 4) is 0 Å². The van der Waals surface area contributed by atoms with Crippen molar-refractivity contribution in [3.05, 3.63) is 23.2 Å². The van der Waals surface area contributed by atoms with Gasteiger partial charge in [0.05, 0.1) is 20.1 Å². The van der Waals surface area contributed by atoms with Crippen LogP contribution in [-0.2, 0) is 23.8 Å². The number of rotatable bonds is 5. The molecule has 2 atom stereocenters. The number of allylic oxidation sites excluding steroid dienone is 1. The lowest BCUT2D eigenvalue weighted by Crippen LogP contribution is -2.46. The maximum Gasteiger partial charge on any atom is 0.310 e. The van der Waals surface area contributed by atoms with Crippen LogP contribution in [0, 0.1) is 5.92 Å². The van der Waals surface area contributed by atoms with Gasteiger partial charge in [-0.05, 0) is 20.3 Å². The third kappa shape index (κ3) is 2.71. The van der Waals surface area contributed by atoms with Crippen LogP contribution in [0.1, 0.15) is 34.1 Å². The maximum absolute atomic E-state index is 12.5.